The molecule has 0 saturated heterocycles. The summed E-state index contributed by atoms with van der Waals surface area (Å²) in [5.74, 6) is -0.537. The number of carboxylic acid groups (broad SMARTS) is 2. The van der Waals surface area contributed by atoms with Gasteiger partial charge in [0.2, 0.25) is 0 Å². The zero-order valence-electron chi connectivity index (χ0n) is 10.7. The van der Waals surface area contributed by atoms with Crippen LogP contribution in [0.3, 0.4) is 0 Å². The average Bonchev–Trinajstić information content (AvgIpc) is 2.88. The molecule has 0 radical (unpaired) electrons. The molecule has 8 unspecified atom stereocenters. The maximum atomic E-state index is 11.5. The van der Waals surface area contributed by atoms with Crippen molar-refractivity contribution in [2.75, 3.05) is 0 Å². The molecule has 0 amide bonds. The van der Waals surface area contributed by atoms with Crippen molar-refractivity contribution in [3.8, 4) is 0 Å². The van der Waals surface area contributed by atoms with Gasteiger partial charge < -0.3 is 10.2 Å². The van der Waals surface area contributed by atoms with Crippen molar-refractivity contribution < 1.29 is 19.8 Å². The SMILES string of the molecule is CC1C(C)C2CC1C1CC(C(=O)O)C(C(=O)O)C21. The van der Waals surface area contributed by atoms with Crippen molar-refractivity contribution in [3.63, 3.8) is 0 Å². The molecule has 100 valence electrons. The first-order chi connectivity index (χ1) is 8.43. The molecule has 0 aromatic carbocycles. The Labute approximate surface area is 106 Å². The van der Waals surface area contributed by atoms with Crippen molar-refractivity contribution >= 4 is 11.9 Å². The molecule has 3 aliphatic carbocycles. The first-order valence-corrected chi connectivity index (χ1v) is 6.89. The van der Waals surface area contributed by atoms with Crippen LogP contribution in [-0.4, -0.2) is 22.2 Å². The van der Waals surface area contributed by atoms with Gasteiger partial charge in [-0.1, -0.05) is 13.8 Å². The third-order valence-electron chi connectivity index (χ3n) is 6.24. The fourth-order valence-electron chi connectivity index (χ4n) is 5.36. The van der Waals surface area contributed by atoms with Crippen molar-refractivity contribution in [2.24, 2.45) is 47.3 Å². The highest BCUT2D eigenvalue weighted by Gasteiger charge is 2.64. The zero-order valence-corrected chi connectivity index (χ0v) is 10.7. The number of fused-ring (bicyclic) bond motifs is 5. The number of carboxylic acids is 2. The molecule has 0 heterocycles. The standard InChI is InChI=1S/C14H20O4/c1-5-6(2)8-3-7(5)9-4-10(13(15)16)12(11(8)9)14(17)18/h5-12H,3-4H2,1-2H3,(H,15,16)(H,17,18). The predicted molar refractivity (Wildman–Crippen MR) is 63.8 cm³/mol. The van der Waals surface area contributed by atoms with Crippen molar-refractivity contribution in [2.45, 2.75) is 26.7 Å². The van der Waals surface area contributed by atoms with Crippen LogP contribution in [0.15, 0.2) is 0 Å². The highest BCUT2D eigenvalue weighted by Crippen LogP contribution is 2.65. The van der Waals surface area contributed by atoms with E-state index in [0.29, 0.717) is 36.0 Å². The highest BCUT2D eigenvalue weighted by molar-refractivity contribution is 5.81. The van der Waals surface area contributed by atoms with Crippen LogP contribution in [0.5, 0.6) is 0 Å². The molecule has 3 rings (SSSR count). The smallest absolute Gasteiger partial charge is 0.307 e. The maximum absolute atomic E-state index is 11.5. The fourth-order valence-corrected chi connectivity index (χ4v) is 5.36. The van der Waals surface area contributed by atoms with Crippen LogP contribution < -0.4 is 0 Å². The molecular weight excluding hydrogens is 232 g/mol. The van der Waals surface area contributed by atoms with E-state index < -0.39 is 23.8 Å². The molecule has 0 aromatic heterocycles. The zero-order chi connectivity index (χ0) is 13.2. The van der Waals surface area contributed by atoms with E-state index in [-0.39, 0.29) is 5.92 Å². The quantitative estimate of drug-likeness (QED) is 0.787. The summed E-state index contributed by atoms with van der Waals surface area (Å²) in [5, 5.41) is 18.6. The summed E-state index contributed by atoms with van der Waals surface area (Å²) >= 11 is 0. The molecular formula is C14H20O4. The highest BCUT2D eigenvalue weighted by atomic mass is 16.4. The van der Waals surface area contributed by atoms with Gasteiger partial charge in [0.15, 0.2) is 0 Å². The van der Waals surface area contributed by atoms with Crippen LogP contribution in [-0.2, 0) is 9.59 Å². The lowest BCUT2D eigenvalue weighted by molar-refractivity contribution is -0.154. The Balaban J connectivity index is 1.95. The van der Waals surface area contributed by atoms with Crippen LogP contribution in [0, 0.1) is 47.3 Å². The summed E-state index contributed by atoms with van der Waals surface area (Å²) in [7, 11) is 0. The van der Waals surface area contributed by atoms with Gasteiger partial charge in [-0.2, -0.15) is 0 Å². The van der Waals surface area contributed by atoms with E-state index in [2.05, 4.69) is 13.8 Å². The summed E-state index contributed by atoms with van der Waals surface area (Å²) < 4.78 is 0. The molecule has 2 N–H and O–H groups in total. The van der Waals surface area contributed by atoms with Crippen LogP contribution in [0.2, 0.25) is 0 Å². The third kappa shape index (κ3) is 1.32. The Bertz CT molecular complexity index is 405. The molecule has 18 heavy (non-hydrogen) atoms. The molecule has 3 saturated carbocycles. The van der Waals surface area contributed by atoms with Gasteiger partial charge in [0, 0.05) is 0 Å². The fraction of sp³-hybridized carbons (Fsp3) is 0.857. The molecule has 0 aromatic rings. The van der Waals surface area contributed by atoms with Gasteiger partial charge in [0.05, 0.1) is 11.8 Å². The Hall–Kier alpha value is -1.06. The first-order valence-electron chi connectivity index (χ1n) is 6.89. The van der Waals surface area contributed by atoms with Crippen LogP contribution >= 0.6 is 0 Å². The largest absolute Gasteiger partial charge is 0.481 e. The molecule has 8 atom stereocenters. The second kappa shape index (κ2) is 3.72. The summed E-state index contributed by atoms with van der Waals surface area (Å²) in [6.45, 7) is 4.45. The molecule has 3 fully saturated rings. The van der Waals surface area contributed by atoms with Crippen LogP contribution in [0.25, 0.3) is 0 Å². The number of hydrogen-bond donors (Lipinski definition) is 2. The van der Waals surface area contributed by atoms with Crippen molar-refractivity contribution in [1.82, 2.24) is 0 Å². The monoisotopic (exact) mass is 252 g/mol. The van der Waals surface area contributed by atoms with Gasteiger partial charge in [-0.15, -0.1) is 0 Å². The Kier molecular flexibility index (Phi) is 2.48. The summed E-state index contributed by atoms with van der Waals surface area (Å²) in [6, 6.07) is 0. The normalized spacial score (nSPS) is 53.4. The second-order valence-electron chi connectivity index (χ2n) is 6.57. The number of hydrogen-bond acceptors (Lipinski definition) is 2. The summed E-state index contributed by atoms with van der Waals surface area (Å²) in [4.78, 5) is 22.7. The molecule has 3 aliphatic rings. The number of carbonyl (C=O) groups is 2. The second-order valence-corrected chi connectivity index (χ2v) is 6.57. The third-order valence-corrected chi connectivity index (χ3v) is 6.24. The van der Waals surface area contributed by atoms with E-state index in [1.807, 2.05) is 0 Å². The minimum Gasteiger partial charge on any atom is -0.481 e. The summed E-state index contributed by atoms with van der Waals surface area (Å²) in [6.07, 6.45) is 1.70. The van der Waals surface area contributed by atoms with Gasteiger partial charge in [-0.3, -0.25) is 9.59 Å². The lowest BCUT2D eigenvalue weighted by atomic mass is 9.69. The molecule has 2 bridgehead atoms. The molecule has 0 spiro atoms. The summed E-state index contributed by atoms with van der Waals surface area (Å²) in [5.41, 5.74) is 0. The molecule has 0 aliphatic heterocycles. The van der Waals surface area contributed by atoms with E-state index in [4.69, 9.17) is 0 Å². The predicted octanol–water partition coefficient (Wildman–Crippen LogP) is 1.95. The Morgan fingerprint density at radius 1 is 0.889 bits per heavy atom. The van der Waals surface area contributed by atoms with Gasteiger partial charge in [-0.25, -0.2) is 0 Å². The molecule has 4 heteroatoms. The number of aliphatic carboxylic acids is 2. The first kappa shape index (κ1) is 12.0. The topological polar surface area (TPSA) is 74.6 Å². The van der Waals surface area contributed by atoms with Crippen LogP contribution in [0.1, 0.15) is 26.7 Å². The van der Waals surface area contributed by atoms with Gasteiger partial charge in [0.1, 0.15) is 0 Å². The van der Waals surface area contributed by atoms with E-state index in [9.17, 15) is 19.8 Å². The Morgan fingerprint density at radius 2 is 1.50 bits per heavy atom. The minimum absolute atomic E-state index is 0.111. The Morgan fingerprint density at radius 3 is 2.06 bits per heavy atom. The lowest BCUT2D eigenvalue weighted by Gasteiger charge is -2.36. The van der Waals surface area contributed by atoms with Gasteiger partial charge in [-0.05, 0) is 48.3 Å². The van der Waals surface area contributed by atoms with Crippen molar-refractivity contribution in [1.29, 1.82) is 0 Å². The van der Waals surface area contributed by atoms with E-state index >= 15 is 0 Å². The van der Waals surface area contributed by atoms with E-state index in [0.717, 1.165) is 6.42 Å². The van der Waals surface area contributed by atoms with Crippen molar-refractivity contribution in [3.05, 3.63) is 0 Å². The van der Waals surface area contributed by atoms with Gasteiger partial charge >= 0.3 is 11.9 Å². The lowest BCUT2D eigenvalue weighted by Crippen LogP contribution is -2.36. The molecule has 4 nitrogen and oxygen atoms in total. The van der Waals surface area contributed by atoms with Crippen LogP contribution in [0.4, 0.5) is 0 Å². The minimum atomic E-state index is -0.920. The van der Waals surface area contributed by atoms with Gasteiger partial charge in [0.25, 0.3) is 0 Å². The maximum Gasteiger partial charge on any atom is 0.307 e. The number of rotatable bonds is 2. The van der Waals surface area contributed by atoms with E-state index in [1.165, 1.54) is 0 Å². The average molecular weight is 252 g/mol. The van der Waals surface area contributed by atoms with E-state index in [1.54, 1.807) is 0 Å².